The molecule has 0 unspecified atom stereocenters. The fraction of sp³-hybridized carbons (Fsp3) is 0.0909. The zero-order valence-corrected chi connectivity index (χ0v) is 19.0. The molecule has 7 rings (SSSR count). The molecule has 6 aromatic rings. The highest BCUT2D eigenvalue weighted by Crippen LogP contribution is 2.44. The Morgan fingerprint density at radius 3 is 2.03 bits per heavy atom. The quantitative estimate of drug-likeness (QED) is 0.198. The van der Waals surface area contributed by atoms with Gasteiger partial charge in [-0.1, -0.05) is 103 Å². The summed E-state index contributed by atoms with van der Waals surface area (Å²) < 4.78 is 0. The lowest BCUT2D eigenvalue weighted by Gasteiger charge is -2.33. The maximum atomic E-state index is 2.54. The second kappa shape index (κ2) is 7.74. The zero-order chi connectivity index (χ0) is 22.5. The van der Waals surface area contributed by atoms with Crippen molar-refractivity contribution in [3.8, 4) is 0 Å². The summed E-state index contributed by atoms with van der Waals surface area (Å²) in [5.74, 6) is 0. The third-order valence-electron chi connectivity index (χ3n) is 7.34. The van der Waals surface area contributed by atoms with Crippen molar-refractivity contribution in [3.63, 3.8) is 0 Å². The Hall–Kier alpha value is -4.10. The zero-order valence-electron chi connectivity index (χ0n) is 19.0. The molecule has 0 radical (unpaired) electrons. The van der Waals surface area contributed by atoms with E-state index in [1.807, 2.05) is 0 Å². The molecule has 0 amide bonds. The third-order valence-corrected chi connectivity index (χ3v) is 7.34. The van der Waals surface area contributed by atoms with Crippen molar-refractivity contribution in [1.82, 2.24) is 0 Å². The smallest absolute Gasteiger partial charge is 0.0528 e. The van der Waals surface area contributed by atoms with Crippen LogP contribution in [0.1, 0.15) is 12.8 Å². The van der Waals surface area contributed by atoms with Gasteiger partial charge in [-0.2, -0.15) is 0 Å². The number of hydrogen-bond acceptors (Lipinski definition) is 1. The van der Waals surface area contributed by atoms with E-state index in [1.165, 1.54) is 54.5 Å². The summed E-state index contributed by atoms with van der Waals surface area (Å²) in [4.78, 5) is 2.54. The minimum atomic E-state index is 0.300. The maximum absolute atomic E-state index is 2.54. The molecule has 0 bridgehead atoms. The number of hydrogen-bond donors (Lipinski definition) is 0. The van der Waals surface area contributed by atoms with Crippen molar-refractivity contribution >= 4 is 54.5 Å². The van der Waals surface area contributed by atoms with Crippen molar-refractivity contribution in [2.24, 2.45) is 0 Å². The molecule has 0 N–H and O–H groups in total. The van der Waals surface area contributed by atoms with Crippen LogP contribution in [0.3, 0.4) is 0 Å². The summed E-state index contributed by atoms with van der Waals surface area (Å²) in [6, 6.07) is 36.1. The monoisotopic (exact) mass is 435 g/mol. The van der Waals surface area contributed by atoms with Gasteiger partial charge in [0.2, 0.25) is 0 Å². The topological polar surface area (TPSA) is 3.24 Å². The second-order valence-corrected chi connectivity index (χ2v) is 9.23. The van der Waals surface area contributed by atoms with Crippen LogP contribution >= 0.6 is 0 Å². The van der Waals surface area contributed by atoms with E-state index in [0.29, 0.717) is 6.04 Å². The van der Waals surface area contributed by atoms with Gasteiger partial charge < -0.3 is 4.90 Å². The fourth-order valence-corrected chi connectivity index (χ4v) is 5.88. The van der Waals surface area contributed by atoms with Gasteiger partial charge in [0.25, 0.3) is 0 Å². The number of para-hydroxylation sites is 1. The van der Waals surface area contributed by atoms with Crippen LogP contribution in [0.25, 0.3) is 43.1 Å². The van der Waals surface area contributed by atoms with Gasteiger partial charge in [-0.25, -0.2) is 0 Å². The molecule has 0 saturated heterocycles. The Balaban J connectivity index is 1.58. The highest BCUT2D eigenvalue weighted by Gasteiger charge is 2.22. The standard InChI is InChI=1S/C33H25N/c1-2-5-14-24(13-4-1)34(25-15-6-3-7-16-25)31-22-21-29-27-18-9-12-23-11-8-17-26(32(23)27)28-19-10-20-30(31)33(28)29/h1-4,6-13,15-22,24H,5,14H2/t24-/m1/s1. The molecule has 1 aliphatic rings. The van der Waals surface area contributed by atoms with Crippen molar-refractivity contribution in [2.45, 2.75) is 18.9 Å². The normalized spacial score (nSPS) is 16.1. The van der Waals surface area contributed by atoms with Crippen LogP contribution in [0.5, 0.6) is 0 Å². The second-order valence-electron chi connectivity index (χ2n) is 9.23. The SMILES string of the molecule is C1=CCC[C@H](N(c2ccccc2)c2ccc3c4cccc5cccc(c6cccc2c63)c54)C=C1. The molecule has 1 nitrogen and oxygen atoms in total. The average Bonchev–Trinajstić information content (AvgIpc) is 3.18. The predicted molar refractivity (Wildman–Crippen MR) is 148 cm³/mol. The van der Waals surface area contributed by atoms with E-state index in [4.69, 9.17) is 0 Å². The summed E-state index contributed by atoms with van der Waals surface area (Å²) in [5.41, 5.74) is 2.51. The van der Waals surface area contributed by atoms with Crippen LogP contribution in [0.15, 0.2) is 121 Å². The van der Waals surface area contributed by atoms with Crippen molar-refractivity contribution in [2.75, 3.05) is 4.90 Å². The van der Waals surface area contributed by atoms with Crippen LogP contribution in [0.2, 0.25) is 0 Å². The Labute approximate surface area is 199 Å². The Bertz CT molecular complexity index is 1660. The van der Waals surface area contributed by atoms with Gasteiger partial charge in [0.1, 0.15) is 0 Å². The lowest BCUT2D eigenvalue weighted by molar-refractivity contribution is 0.715. The maximum Gasteiger partial charge on any atom is 0.0528 e. The molecule has 0 aliphatic heterocycles. The third kappa shape index (κ3) is 2.87. The number of allylic oxidation sites excluding steroid dienone is 3. The summed E-state index contributed by atoms with van der Waals surface area (Å²) in [6.07, 6.45) is 11.2. The highest BCUT2D eigenvalue weighted by atomic mass is 15.2. The molecule has 34 heavy (non-hydrogen) atoms. The van der Waals surface area contributed by atoms with Crippen LogP contribution < -0.4 is 4.90 Å². The minimum absolute atomic E-state index is 0.300. The predicted octanol–water partition coefficient (Wildman–Crippen LogP) is 9.15. The average molecular weight is 436 g/mol. The highest BCUT2D eigenvalue weighted by molar-refractivity contribution is 6.34. The first-order valence-corrected chi connectivity index (χ1v) is 12.2. The molecule has 6 aromatic carbocycles. The molecule has 0 saturated carbocycles. The van der Waals surface area contributed by atoms with E-state index in [2.05, 4.69) is 126 Å². The minimum Gasteiger partial charge on any atom is -0.334 e. The summed E-state index contributed by atoms with van der Waals surface area (Å²) in [5, 5.41) is 10.7. The van der Waals surface area contributed by atoms with Crippen molar-refractivity contribution in [1.29, 1.82) is 0 Å². The molecular weight excluding hydrogens is 410 g/mol. The van der Waals surface area contributed by atoms with Gasteiger partial charge in [0.15, 0.2) is 0 Å². The number of anilines is 2. The molecule has 1 aliphatic carbocycles. The van der Waals surface area contributed by atoms with E-state index >= 15 is 0 Å². The first-order valence-electron chi connectivity index (χ1n) is 12.2. The molecule has 0 fully saturated rings. The first kappa shape index (κ1) is 19.4. The Morgan fingerprint density at radius 2 is 1.24 bits per heavy atom. The first-order chi connectivity index (χ1) is 16.9. The van der Waals surface area contributed by atoms with Gasteiger partial charge in [-0.15, -0.1) is 0 Å². The van der Waals surface area contributed by atoms with E-state index in [1.54, 1.807) is 0 Å². The van der Waals surface area contributed by atoms with Crippen molar-refractivity contribution in [3.05, 3.63) is 121 Å². The lowest BCUT2D eigenvalue weighted by Crippen LogP contribution is -2.29. The van der Waals surface area contributed by atoms with Gasteiger partial charge in [-0.05, 0) is 68.7 Å². The number of benzene rings is 6. The number of nitrogens with zero attached hydrogens (tertiary/aromatic N) is 1. The van der Waals surface area contributed by atoms with E-state index in [9.17, 15) is 0 Å². The van der Waals surface area contributed by atoms with Gasteiger partial charge in [0, 0.05) is 16.8 Å². The Morgan fingerprint density at radius 1 is 0.559 bits per heavy atom. The fourth-order valence-electron chi connectivity index (χ4n) is 5.88. The molecule has 0 spiro atoms. The summed E-state index contributed by atoms with van der Waals surface area (Å²) in [6.45, 7) is 0. The van der Waals surface area contributed by atoms with Crippen LogP contribution in [-0.4, -0.2) is 6.04 Å². The van der Waals surface area contributed by atoms with E-state index in [-0.39, 0.29) is 0 Å². The molecule has 0 aromatic heterocycles. The van der Waals surface area contributed by atoms with Crippen LogP contribution in [0, 0.1) is 0 Å². The number of rotatable bonds is 3. The van der Waals surface area contributed by atoms with Crippen LogP contribution in [0.4, 0.5) is 11.4 Å². The van der Waals surface area contributed by atoms with Crippen LogP contribution in [-0.2, 0) is 0 Å². The van der Waals surface area contributed by atoms with E-state index in [0.717, 1.165) is 12.8 Å². The molecule has 1 atom stereocenters. The molecular formula is C33H25N. The summed E-state index contributed by atoms with van der Waals surface area (Å²) >= 11 is 0. The van der Waals surface area contributed by atoms with Crippen molar-refractivity contribution < 1.29 is 0 Å². The lowest BCUT2D eigenvalue weighted by atomic mass is 9.89. The largest absolute Gasteiger partial charge is 0.334 e. The summed E-state index contributed by atoms with van der Waals surface area (Å²) in [7, 11) is 0. The Kier molecular flexibility index (Phi) is 4.41. The molecule has 1 heteroatoms. The molecule has 162 valence electrons. The number of fused-ring (bicyclic) bond motifs is 2. The van der Waals surface area contributed by atoms with Gasteiger partial charge in [-0.3, -0.25) is 0 Å². The molecule has 0 heterocycles. The van der Waals surface area contributed by atoms with E-state index < -0.39 is 0 Å². The van der Waals surface area contributed by atoms with Gasteiger partial charge in [0.05, 0.1) is 6.04 Å². The van der Waals surface area contributed by atoms with Gasteiger partial charge >= 0.3 is 0 Å².